The van der Waals surface area contributed by atoms with Crippen molar-refractivity contribution in [1.29, 1.82) is 0 Å². The maximum atomic E-state index is 12.7. The molecule has 1 amide bonds. The molecule has 10 heteroatoms. The molecular weight excluding hydrogens is 448 g/mol. The van der Waals surface area contributed by atoms with E-state index in [9.17, 15) is 18.0 Å². The van der Waals surface area contributed by atoms with Crippen LogP contribution < -0.4 is 9.46 Å². The molecule has 0 fully saturated rings. The zero-order valence-electron chi connectivity index (χ0n) is 18.9. The molecule has 180 valence electrons. The van der Waals surface area contributed by atoms with Crippen molar-refractivity contribution in [3.8, 4) is 5.75 Å². The summed E-state index contributed by atoms with van der Waals surface area (Å²) in [6.45, 7) is 3.42. The van der Waals surface area contributed by atoms with Crippen LogP contribution in [0.15, 0.2) is 54.6 Å². The quantitative estimate of drug-likeness (QED) is 0.347. The van der Waals surface area contributed by atoms with E-state index in [0.29, 0.717) is 24.3 Å². The van der Waals surface area contributed by atoms with Crippen molar-refractivity contribution in [2.75, 3.05) is 19.8 Å². The number of unbranched alkanes of at least 4 members (excludes halogenated alkanes) is 1. The monoisotopic (exact) mass is 478 g/mol. The fourth-order valence-electron chi connectivity index (χ4n) is 2.72. The molecule has 0 radical (unpaired) electrons. The molecule has 0 aliphatic rings. The number of nitrogens with zero attached hydrogens (tertiary/aromatic N) is 1. The summed E-state index contributed by atoms with van der Waals surface area (Å²) in [5.74, 6) is -0.120. The van der Waals surface area contributed by atoms with Crippen LogP contribution in [0.3, 0.4) is 0 Å². The Bertz CT molecular complexity index is 980. The molecule has 9 nitrogen and oxygen atoms in total. The maximum Gasteiger partial charge on any atom is 0.421 e. The molecule has 0 saturated heterocycles. The van der Waals surface area contributed by atoms with Gasteiger partial charge in [-0.2, -0.15) is 12.7 Å². The van der Waals surface area contributed by atoms with Crippen LogP contribution in [0, 0.1) is 0 Å². The van der Waals surface area contributed by atoms with Gasteiger partial charge in [0, 0.05) is 6.54 Å². The van der Waals surface area contributed by atoms with Crippen LogP contribution >= 0.6 is 0 Å². The van der Waals surface area contributed by atoms with E-state index in [0.717, 1.165) is 16.3 Å². The van der Waals surface area contributed by atoms with Gasteiger partial charge in [-0.25, -0.2) is 9.52 Å². The number of carbonyl (C=O) groups excluding carboxylic acids is 2. The molecule has 0 spiro atoms. The second-order valence-electron chi connectivity index (χ2n) is 7.09. The lowest BCUT2D eigenvalue weighted by molar-refractivity contribution is -0.143. The van der Waals surface area contributed by atoms with E-state index in [1.807, 2.05) is 42.0 Å². The van der Waals surface area contributed by atoms with Gasteiger partial charge in [0.05, 0.1) is 13.2 Å². The van der Waals surface area contributed by atoms with E-state index < -0.39 is 28.8 Å². The van der Waals surface area contributed by atoms with Crippen molar-refractivity contribution in [1.82, 2.24) is 9.03 Å². The summed E-state index contributed by atoms with van der Waals surface area (Å²) in [6.07, 6.45) is 0.306. The van der Waals surface area contributed by atoms with E-state index >= 15 is 0 Å². The van der Waals surface area contributed by atoms with Gasteiger partial charge >= 0.3 is 22.3 Å². The van der Waals surface area contributed by atoms with Gasteiger partial charge in [0.15, 0.2) is 0 Å². The molecule has 2 rings (SSSR count). The minimum Gasteiger partial charge on any atom is -0.489 e. The molecule has 0 unspecified atom stereocenters. The van der Waals surface area contributed by atoms with Crippen LogP contribution in [0.4, 0.5) is 4.79 Å². The molecule has 0 aromatic heterocycles. The first-order chi connectivity index (χ1) is 15.8. The summed E-state index contributed by atoms with van der Waals surface area (Å²) in [7, 11) is -4.35. The number of benzene rings is 2. The van der Waals surface area contributed by atoms with Crippen molar-refractivity contribution >= 4 is 22.3 Å². The lowest BCUT2D eigenvalue weighted by atomic mass is 10.2. The molecule has 0 atom stereocenters. The van der Waals surface area contributed by atoms with Crippen LogP contribution in [-0.4, -0.2) is 44.5 Å². The van der Waals surface area contributed by atoms with Crippen LogP contribution in [0.2, 0.25) is 0 Å². The summed E-state index contributed by atoms with van der Waals surface area (Å²) in [4.78, 5) is 23.8. The standard InChI is InChI=1S/C23H30N2O7S/c1-3-5-15-31-23(27)24-33(28,29)25(17-22(26)30-4-2)16-19-11-13-21(14-12-19)32-18-20-9-7-6-8-10-20/h6-14H,3-5,15-18H2,1-2H3,(H,24,27). The van der Waals surface area contributed by atoms with Crippen molar-refractivity contribution in [3.63, 3.8) is 0 Å². The molecule has 0 saturated carbocycles. The third-order valence-corrected chi connectivity index (χ3v) is 5.79. The first kappa shape index (κ1) is 26.1. The second-order valence-corrected chi connectivity index (χ2v) is 8.76. The molecule has 0 heterocycles. The molecule has 2 aromatic rings. The largest absolute Gasteiger partial charge is 0.489 e. The predicted octanol–water partition coefficient (Wildman–Crippen LogP) is 3.40. The summed E-state index contributed by atoms with van der Waals surface area (Å²) in [5, 5.41) is 0. The number of hydrogen-bond donors (Lipinski definition) is 1. The van der Waals surface area contributed by atoms with Gasteiger partial charge in [-0.1, -0.05) is 55.8 Å². The van der Waals surface area contributed by atoms with Gasteiger partial charge in [0.2, 0.25) is 0 Å². The lowest BCUT2D eigenvalue weighted by Gasteiger charge is -2.21. The zero-order valence-corrected chi connectivity index (χ0v) is 19.7. The van der Waals surface area contributed by atoms with Crippen molar-refractivity contribution in [2.24, 2.45) is 0 Å². The fourth-order valence-corrected chi connectivity index (χ4v) is 3.71. The summed E-state index contributed by atoms with van der Waals surface area (Å²) < 4.78 is 43.6. The van der Waals surface area contributed by atoms with Gasteiger partial charge in [-0.05, 0) is 36.6 Å². The van der Waals surface area contributed by atoms with E-state index in [1.165, 1.54) is 0 Å². The Hall–Kier alpha value is -3.11. The molecule has 33 heavy (non-hydrogen) atoms. The minimum atomic E-state index is -4.35. The average molecular weight is 479 g/mol. The predicted molar refractivity (Wildman–Crippen MR) is 123 cm³/mol. The van der Waals surface area contributed by atoms with Crippen LogP contribution in [0.1, 0.15) is 37.8 Å². The normalized spacial score (nSPS) is 11.1. The Morgan fingerprint density at radius 3 is 2.27 bits per heavy atom. The van der Waals surface area contributed by atoms with Crippen molar-refractivity contribution < 1.29 is 32.2 Å². The number of nitrogens with one attached hydrogen (secondary N) is 1. The Balaban J connectivity index is 2.05. The zero-order chi connectivity index (χ0) is 24.1. The van der Waals surface area contributed by atoms with Gasteiger partial charge in [-0.15, -0.1) is 0 Å². The van der Waals surface area contributed by atoms with Gasteiger partial charge < -0.3 is 14.2 Å². The number of hydrogen-bond acceptors (Lipinski definition) is 7. The maximum absolute atomic E-state index is 12.7. The van der Waals surface area contributed by atoms with Crippen molar-refractivity contribution in [3.05, 3.63) is 65.7 Å². The smallest absolute Gasteiger partial charge is 0.421 e. The van der Waals surface area contributed by atoms with E-state index in [2.05, 4.69) is 0 Å². The Kier molecular flexibility index (Phi) is 10.6. The summed E-state index contributed by atoms with van der Waals surface area (Å²) >= 11 is 0. The third kappa shape index (κ3) is 9.50. The first-order valence-electron chi connectivity index (χ1n) is 10.7. The molecule has 0 aliphatic heterocycles. The van der Waals surface area contributed by atoms with Gasteiger partial charge in [0.25, 0.3) is 0 Å². The Morgan fingerprint density at radius 2 is 1.64 bits per heavy atom. The van der Waals surface area contributed by atoms with Crippen LogP contribution in [0.25, 0.3) is 0 Å². The van der Waals surface area contributed by atoms with Gasteiger partial charge in [-0.3, -0.25) is 4.79 Å². The highest BCUT2D eigenvalue weighted by Gasteiger charge is 2.28. The highest BCUT2D eigenvalue weighted by Crippen LogP contribution is 2.16. The fraction of sp³-hybridized carbons (Fsp3) is 0.391. The number of esters is 1. The SMILES string of the molecule is CCCCOC(=O)NS(=O)(=O)N(CC(=O)OCC)Cc1ccc(OCc2ccccc2)cc1. The number of amides is 1. The molecule has 2 aromatic carbocycles. The number of ether oxygens (including phenoxy) is 3. The highest BCUT2D eigenvalue weighted by molar-refractivity contribution is 7.87. The average Bonchev–Trinajstić information content (AvgIpc) is 2.79. The summed E-state index contributed by atoms with van der Waals surface area (Å²) in [6, 6.07) is 16.5. The van der Waals surface area contributed by atoms with Gasteiger partial charge in [0.1, 0.15) is 18.9 Å². The van der Waals surface area contributed by atoms with Crippen molar-refractivity contribution in [2.45, 2.75) is 39.8 Å². The molecular formula is C23H30N2O7S. The van der Waals surface area contributed by atoms with Crippen LogP contribution in [-0.2, 0) is 37.6 Å². The number of rotatable bonds is 13. The second kappa shape index (κ2) is 13.4. The topological polar surface area (TPSA) is 111 Å². The van der Waals surface area contributed by atoms with Crippen LogP contribution in [0.5, 0.6) is 5.75 Å². The third-order valence-electron chi connectivity index (χ3n) is 4.42. The van der Waals surface area contributed by atoms with E-state index in [1.54, 1.807) is 31.2 Å². The van der Waals surface area contributed by atoms with E-state index in [-0.39, 0.29) is 19.8 Å². The molecule has 0 bridgehead atoms. The molecule has 0 aliphatic carbocycles. The van der Waals surface area contributed by atoms with E-state index in [4.69, 9.17) is 14.2 Å². The lowest BCUT2D eigenvalue weighted by Crippen LogP contribution is -2.45. The highest BCUT2D eigenvalue weighted by atomic mass is 32.2. The number of carbonyl (C=O) groups is 2. The first-order valence-corrected chi connectivity index (χ1v) is 12.1. The minimum absolute atomic E-state index is 0.0974. The summed E-state index contributed by atoms with van der Waals surface area (Å²) in [5.41, 5.74) is 1.61. The Morgan fingerprint density at radius 1 is 0.939 bits per heavy atom. The Labute approximate surface area is 194 Å². The molecule has 1 N–H and O–H groups in total.